The zero-order valence-electron chi connectivity index (χ0n) is 17.4. The lowest BCUT2D eigenvalue weighted by Gasteiger charge is -2.13. The molecule has 2 aromatic heterocycles. The molecule has 0 aliphatic heterocycles. The minimum atomic E-state index is -0.475. The number of aromatic nitrogens is 3. The fourth-order valence-corrected chi connectivity index (χ4v) is 5.11. The second-order valence-corrected chi connectivity index (χ2v) is 9.13. The molecule has 0 aliphatic rings. The number of amides is 1. The van der Waals surface area contributed by atoms with E-state index in [2.05, 4.69) is 15.3 Å². The number of hydrogen-bond donors (Lipinski definition) is 1. The van der Waals surface area contributed by atoms with Crippen molar-refractivity contribution in [3.05, 3.63) is 93.3 Å². The topological polar surface area (TPSA) is 120 Å². The van der Waals surface area contributed by atoms with Crippen molar-refractivity contribution in [2.24, 2.45) is 0 Å². The SMILES string of the molecule is O=C(CSc1nc2ccccc2c(=O)n1-c1ccccc1)Nc1nc2ccc([N+](=O)[O-])cc2s1. The molecule has 11 heteroatoms. The molecule has 0 unspecified atom stereocenters. The summed E-state index contributed by atoms with van der Waals surface area (Å²) in [7, 11) is 0. The highest BCUT2D eigenvalue weighted by atomic mass is 32.2. The average Bonchev–Trinajstić information content (AvgIpc) is 3.24. The average molecular weight is 490 g/mol. The van der Waals surface area contributed by atoms with Crippen LogP contribution in [0.1, 0.15) is 0 Å². The second kappa shape index (κ2) is 9.04. The number of carbonyl (C=O) groups excluding carboxylic acids is 1. The Morgan fingerprint density at radius 1 is 1.03 bits per heavy atom. The molecule has 0 saturated heterocycles. The lowest BCUT2D eigenvalue weighted by atomic mass is 10.2. The van der Waals surface area contributed by atoms with E-state index in [0.717, 1.165) is 23.1 Å². The number of benzene rings is 3. The molecule has 0 spiro atoms. The maximum absolute atomic E-state index is 13.2. The van der Waals surface area contributed by atoms with Crippen molar-refractivity contribution in [2.45, 2.75) is 5.16 Å². The lowest BCUT2D eigenvalue weighted by Crippen LogP contribution is -2.22. The van der Waals surface area contributed by atoms with E-state index >= 15 is 0 Å². The fraction of sp³-hybridized carbons (Fsp3) is 0.0435. The van der Waals surface area contributed by atoms with E-state index < -0.39 is 4.92 Å². The smallest absolute Gasteiger partial charge is 0.270 e. The number of nitrogens with zero attached hydrogens (tertiary/aromatic N) is 4. The summed E-state index contributed by atoms with van der Waals surface area (Å²) in [5, 5.41) is 14.9. The Balaban J connectivity index is 1.40. The van der Waals surface area contributed by atoms with Gasteiger partial charge in [0.25, 0.3) is 11.2 Å². The summed E-state index contributed by atoms with van der Waals surface area (Å²) in [5.74, 6) is -0.339. The van der Waals surface area contributed by atoms with Gasteiger partial charge in [-0.3, -0.25) is 24.3 Å². The highest BCUT2D eigenvalue weighted by molar-refractivity contribution is 7.99. The Hall–Kier alpha value is -4.09. The van der Waals surface area contributed by atoms with E-state index in [4.69, 9.17) is 0 Å². The predicted octanol–water partition coefficient (Wildman–Crippen LogP) is 4.63. The van der Waals surface area contributed by atoms with Gasteiger partial charge >= 0.3 is 0 Å². The van der Waals surface area contributed by atoms with Gasteiger partial charge in [0.1, 0.15) is 0 Å². The molecule has 2 heterocycles. The minimum Gasteiger partial charge on any atom is -0.301 e. The lowest BCUT2D eigenvalue weighted by molar-refractivity contribution is -0.384. The molecule has 5 aromatic rings. The molecule has 0 radical (unpaired) electrons. The van der Waals surface area contributed by atoms with Crippen LogP contribution in [-0.4, -0.2) is 31.1 Å². The van der Waals surface area contributed by atoms with Gasteiger partial charge in [0.05, 0.1) is 37.5 Å². The standard InChI is InChI=1S/C23H15N5O4S2/c29-20(26-22-24-18-11-10-15(28(31)32)12-19(18)34-22)13-33-23-25-17-9-5-4-8-16(17)21(30)27(23)14-6-2-1-3-7-14/h1-12H,13H2,(H,24,26,29). The number of anilines is 1. The Bertz CT molecular complexity index is 1610. The minimum absolute atomic E-state index is 0.00626. The number of thiazole rings is 1. The van der Waals surface area contributed by atoms with Crippen LogP contribution in [0, 0.1) is 10.1 Å². The summed E-state index contributed by atoms with van der Waals surface area (Å²) in [6, 6.07) is 20.6. The second-order valence-electron chi connectivity index (χ2n) is 7.15. The number of carbonyl (C=O) groups is 1. The van der Waals surface area contributed by atoms with Crippen molar-refractivity contribution in [3.8, 4) is 5.69 Å². The molecule has 1 N–H and O–H groups in total. The molecule has 9 nitrogen and oxygen atoms in total. The van der Waals surface area contributed by atoms with Crippen LogP contribution in [0.15, 0.2) is 82.7 Å². The molecule has 34 heavy (non-hydrogen) atoms. The van der Waals surface area contributed by atoms with E-state index in [9.17, 15) is 19.7 Å². The maximum atomic E-state index is 13.2. The van der Waals surface area contributed by atoms with Gasteiger partial charge in [-0.15, -0.1) is 0 Å². The number of nitrogens with one attached hydrogen (secondary N) is 1. The van der Waals surface area contributed by atoms with Gasteiger partial charge in [0.2, 0.25) is 5.91 Å². The molecule has 0 aliphatic carbocycles. The van der Waals surface area contributed by atoms with Crippen LogP contribution >= 0.6 is 23.1 Å². The van der Waals surface area contributed by atoms with Crippen molar-refractivity contribution >= 4 is 60.9 Å². The van der Waals surface area contributed by atoms with E-state index in [-0.39, 0.29) is 22.9 Å². The predicted molar refractivity (Wildman–Crippen MR) is 133 cm³/mol. The highest BCUT2D eigenvalue weighted by Gasteiger charge is 2.16. The van der Waals surface area contributed by atoms with E-state index in [1.807, 2.05) is 30.3 Å². The van der Waals surface area contributed by atoms with Crippen LogP contribution in [-0.2, 0) is 4.79 Å². The summed E-state index contributed by atoms with van der Waals surface area (Å²) in [6.45, 7) is 0. The monoisotopic (exact) mass is 489 g/mol. The quantitative estimate of drug-likeness (QED) is 0.160. The van der Waals surface area contributed by atoms with Gasteiger partial charge in [-0.25, -0.2) is 9.97 Å². The third-order valence-corrected chi connectivity index (χ3v) is 6.79. The number of rotatable bonds is 6. The van der Waals surface area contributed by atoms with Crippen LogP contribution in [0.5, 0.6) is 0 Å². The molecule has 0 bridgehead atoms. The molecule has 0 saturated carbocycles. The Labute approximate surface area is 200 Å². The van der Waals surface area contributed by atoms with Crippen LogP contribution in [0.4, 0.5) is 10.8 Å². The summed E-state index contributed by atoms with van der Waals surface area (Å²) in [4.78, 5) is 45.3. The van der Waals surface area contributed by atoms with Crippen LogP contribution in [0.25, 0.3) is 26.8 Å². The number of hydrogen-bond acceptors (Lipinski definition) is 8. The van der Waals surface area contributed by atoms with Crippen molar-refractivity contribution in [1.82, 2.24) is 14.5 Å². The van der Waals surface area contributed by atoms with Crippen molar-refractivity contribution in [1.29, 1.82) is 0 Å². The zero-order valence-corrected chi connectivity index (χ0v) is 19.0. The number of thioether (sulfide) groups is 1. The van der Waals surface area contributed by atoms with Crippen LogP contribution in [0.2, 0.25) is 0 Å². The number of nitro groups is 1. The normalized spacial score (nSPS) is 11.1. The highest BCUT2D eigenvalue weighted by Crippen LogP contribution is 2.29. The molecular weight excluding hydrogens is 474 g/mol. The Kier molecular flexibility index (Phi) is 5.78. The van der Waals surface area contributed by atoms with Gasteiger partial charge < -0.3 is 5.32 Å². The molecule has 0 fully saturated rings. The molecule has 1 amide bonds. The fourth-order valence-electron chi connectivity index (χ4n) is 3.38. The molecule has 5 rings (SSSR count). The summed E-state index contributed by atoms with van der Waals surface area (Å²) in [6.07, 6.45) is 0. The first-order valence-corrected chi connectivity index (χ1v) is 11.8. The molecule has 3 aromatic carbocycles. The molecule has 0 atom stereocenters. The van der Waals surface area contributed by atoms with Crippen LogP contribution in [0.3, 0.4) is 0 Å². The number of non-ortho nitro benzene ring substituents is 1. The molecular formula is C23H15N5O4S2. The Morgan fingerprint density at radius 2 is 1.79 bits per heavy atom. The summed E-state index contributed by atoms with van der Waals surface area (Å²) in [5.41, 5.74) is 1.52. The van der Waals surface area contributed by atoms with E-state index in [0.29, 0.717) is 37.1 Å². The number of fused-ring (bicyclic) bond motifs is 2. The van der Waals surface area contributed by atoms with Crippen molar-refractivity contribution in [2.75, 3.05) is 11.1 Å². The maximum Gasteiger partial charge on any atom is 0.270 e. The van der Waals surface area contributed by atoms with Gasteiger partial charge in [0.15, 0.2) is 10.3 Å². The van der Waals surface area contributed by atoms with Gasteiger partial charge in [-0.05, 0) is 30.3 Å². The van der Waals surface area contributed by atoms with Crippen LogP contribution < -0.4 is 10.9 Å². The Morgan fingerprint density at radius 3 is 2.59 bits per heavy atom. The number of para-hydroxylation sites is 2. The van der Waals surface area contributed by atoms with Crippen molar-refractivity contribution in [3.63, 3.8) is 0 Å². The largest absolute Gasteiger partial charge is 0.301 e. The summed E-state index contributed by atoms with van der Waals surface area (Å²) < 4.78 is 2.10. The third kappa shape index (κ3) is 4.26. The summed E-state index contributed by atoms with van der Waals surface area (Å²) >= 11 is 2.29. The third-order valence-electron chi connectivity index (χ3n) is 4.92. The first kappa shape index (κ1) is 21.7. The number of nitro benzene ring substituents is 1. The van der Waals surface area contributed by atoms with E-state index in [1.54, 1.807) is 30.3 Å². The van der Waals surface area contributed by atoms with E-state index in [1.165, 1.54) is 16.7 Å². The van der Waals surface area contributed by atoms with Gasteiger partial charge in [-0.2, -0.15) is 0 Å². The van der Waals surface area contributed by atoms with Crippen molar-refractivity contribution < 1.29 is 9.72 Å². The molecule has 168 valence electrons. The first-order chi connectivity index (χ1) is 16.5. The zero-order chi connectivity index (χ0) is 23.7. The van der Waals surface area contributed by atoms with Gasteiger partial charge in [-0.1, -0.05) is 53.4 Å². The first-order valence-electron chi connectivity index (χ1n) is 10.0. The van der Waals surface area contributed by atoms with Gasteiger partial charge in [0, 0.05) is 12.1 Å².